The van der Waals surface area contributed by atoms with E-state index < -0.39 is 10.0 Å². The van der Waals surface area contributed by atoms with Crippen LogP contribution in [-0.2, 0) is 16.6 Å². The fraction of sp³-hybridized carbons (Fsp3) is 0.182. The molecule has 0 saturated heterocycles. The average molecular weight is 397 g/mol. The van der Waals surface area contributed by atoms with Crippen molar-refractivity contribution in [2.75, 3.05) is 11.8 Å². The van der Waals surface area contributed by atoms with E-state index in [4.69, 9.17) is 9.47 Å². The summed E-state index contributed by atoms with van der Waals surface area (Å²) in [5.74, 6) is 0.981. The first-order chi connectivity index (χ1) is 13.4. The van der Waals surface area contributed by atoms with Gasteiger partial charge in [0.25, 0.3) is 10.0 Å². The van der Waals surface area contributed by atoms with E-state index in [1.807, 2.05) is 44.2 Å². The molecule has 3 rings (SSSR count). The van der Waals surface area contributed by atoms with Gasteiger partial charge in [-0.25, -0.2) is 8.42 Å². The lowest BCUT2D eigenvalue weighted by Gasteiger charge is -2.14. The number of hydrogen-bond acceptors (Lipinski definition) is 4. The summed E-state index contributed by atoms with van der Waals surface area (Å²) in [5, 5.41) is 0. The molecule has 5 nitrogen and oxygen atoms in total. The van der Waals surface area contributed by atoms with Crippen LogP contribution in [0.2, 0.25) is 0 Å². The second kappa shape index (κ2) is 8.35. The minimum atomic E-state index is -3.78. The Morgan fingerprint density at radius 1 is 0.893 bits per heavy atom. The van der Waals surface area contributed by atoms with E-state index in [1.165, 1.54) is 7.11 Å². The van der Waals surface area contributed by atoms with Crippen molar-refractivity contribution in [2.24, 2.45) is 0 Å². The molecular formula is C22H23NO4S. The topological polar surface area (TPSA) is 64.6 Å². The summed E-state index contributed by atoms with van der Waals surface area (Å²) in [5.41, 5.74) is 3.36. The lowest BCUT2D eigenvalue weighted by atomic mass is 10.1. The van der Waals surface area contributed by atoms with E-state index in [9.17, 15) is 8.42 Å². The first-order valence-electron chi connectivity index (χ1n) is 8.84. The van der Waals surface area contributed by atoms with Gasteiger partial charge in [0.05, 0.1) is 7.11 Å². The fourth-order valence-electron chi connectivity index (χ4n) is 2.70. The standard InChI is InChI=1S/C22H23NO4S/c1-16-13-21(26-3)22(14-17(16)2)28(24,25)23-19-9-11-20(12-10-19)27-15-18-7-5-4-6-8-18/h4-14,23H,15H2,1-3H3. The Hall–Kier alpha value is -2.99. The molecule has 146 valence electrons. The summed E-state index contributed by atoms with van der Waals surface area (Å²) >= 11 is 0. The molecule has 0 aliphatic rings. The van der Waals surface area contributed by atoms with Crippen LogP contribution in [0.5, 0.6) is 11.5 Å². The van der Waals surface area contributed by atoms with Crippen LogP contribution in [0.3, 0.4) is 0 Å². The van der Waals surface area contributed by atoms with Gasteiger partial charge in [0.15, 0.2) is 0 Å². The highest BCUT2D eigenvalue weighted by molar-refractivity contribution is 7.92. The largest absolute Gasteiger partial charge is 0.495 e. The highest BCUT2D eigenvalue weighted by atomic mass is 32.2. The number of methoxy groups -OCH3 is 1. The molecule has 0 aliphatic carbocycles. The Balaban J connectivity index is 1.73. The first-order valence-corrected chi connectivity index (χ1v) is 10.3. The molecule has 0 heterocycles. The Labute approximate surface area is 166 Å². The maximum atomic E-state index is 12.8. The Morgan fingerprint density at radius 2 is 1.54 bits per heavy atom. The van der Waals surface area contributed by atoms with E-state index >= 15 is 0 Å². The highest BCUT2D eigenvalue weighted by Gasteiger charge is 2.21. The summed E-state index contributed by atoms with van der Waals surface area (Å²) in [6, 6.07) is 20.0. The fourth-order valence-corrected chi connectivity index (χ4v) is 4.00. The van der Waals surface area contributed by atoms with Gasteiger partial charge in [0, 0.05) is 5.69 Å². The van der Waals surface area contributed by atoms with Gasteiger partial charge in [-0.15, -0.1) is 0 Å². The van der Waals surface area contributed by atoms with E-state index in [0.29, 0.717) is 23.8 Å². The van der Waals surface area contributed by atoms with Gasteiger partial charge in [-0.3, -0.25) is 4.72 Å². The molecular weight excluding hydrogens is 374 g/mol. The predicted octanol–water partition coefficient (Wildman–Crippen LogP) is 4.69. The molecule has 0 unspecified atom stereocenters. The van der Waals surface area contributed by atoms with Gasteiger partial charge in [0.1, 0.15) is 23.0 Å². The van der Waals surface area contributed by atoms with Gasteiger partial charge < -0.3 is 9.47 Å². The van der Waals surface area contributed by atoms with E-state index in [2.05, 4.69) is 4.72 Å². The highest BCUT2D eigenvalue weighted by Crippen LogP contribution is 2.29. The molecule has 0 saturated carbocycles. The smallest absolute Gasteiger partial charge is 0.265 e. The maximum absolute atomic E-state index is 12.8. The third-order valence-electron chi connectivity index (χ3n) is 4.42. The van der Waals surface area contributed by atoms with Gasteiger partial charge in [-0.05, 0) is 66.9 Å². The summed E-state index contributed by atoms with van der Waals surface area (Å²) in [6.45, 7) is 4.23. The van der Waals surface area contributed by atoms with Crippen molar-refractivity contribution in [3.8, 4) is 11.5 Å². The van der Waals surface area contributed by atoms with Gasteiger partial charge in [-0.2, -0.15) is 0 Å². The minimum Gasteiger partial charge on any atom is -0.495 e. The number of rotatable bonds is 7. The Kier molecular flexibility index (Phi) is 5.90. The summed E-state index contributed by atoms with van der Waals surface area (Å²) in [7, 11) is -2.32. The second-order valence-electron chi connectivity index (χ2n) is 6.49. The molecule has 0 radical (unpaired) electrons. The number of ether oxygens (including phenoxy) is 2. The number of hydrogen-bond donors (Lipinski definition) is 1. The van der Waals surface area contributed by atoms with Crippen LogP contribution in [0.1, 0.15) is 16.7 Å². The monoisotopic (exact) mass is 397 g/mol. The van der Waals surface area contributed by atoms with Crippen LogP contribution < -0.4 is 14.2 Å². The molecule has 6 heteroatoms. The molecule has 3 aromatic carbocycles. The molecule has 0 spiro atoms. The average Bonchev–Trinajstić information content (AvgIpc) is 2.69. The zero-order valence-electron chi connectivity index (χ0n) is 16.1. The molecule has 0 atom stereocenters. The Bertz CT molecular complexity index is 1050. The minimum absolute atomic E-state index is 0.113. The molecule has 0 bridgehead atoms. The normalized spacial score (nSPS) is 11.1. The maximum Gasteiger partial charge on any atom is 0.265 e. The quantitative estimate of drug-likeness (QED) is 0.628. The van der Waals surface area contributed by atoms with Crippen LogP contribution in [-0.4, -0.2) is 15.5 Å². The van der Waals surface area contributed by atoms with Gasteiger partial charge in [0.2, 0.25) is 0 Å². The van der Waals surface area contributed by atoms with Crippen LogP contribution in [0, 0.1) is 13.8 Å². The number of aryl methyl sites for hydroxylation is 2. The van der Waals surface area contributed by atoms with Crippen LogP contribution >= 0.6 is 0 Å². The van der Waals surface area contributed by atoms with E-state index in [-0.39, 0.29) is 4.90 Å². The predicted molar refractivity (Wildman–Crippen MR) is 110 cm³/mol. The molecule has 1 N–H and O–H groups in total. The summed E-state index contributed by atoms with van der Waals surface area (Å²) in [4.78, 5) is 0.113. The van der Waals surface area contributed by atoms with Crippen LogP contribution in [0.4, 0.5) is 5.69 Å². The third kappa shape index (κ3) is 4.64. The SMILES string of the molecule is COc1cc(C)c(C)cc1S(=O)(=O)Nc1ccc(OCc2ccccc2)cc1. The Morgan fingerprint density at radius 3 is 2.18 bits per heavy atom. The summed E-state index contributed by atoms with van der Waals surface area (Å²) in [6.07, 6.45) is 0. The van der Waals surface area contributed by atoms with Crippen molar-refractivity contribution >= 4 is 15.7 Å². The third-order valence-corrected chi connectivity index (χ3v) is 5.83. The molecule has 28 heavy (non-hydrogen) atoms. The molecule has 0 amide bonds. The van der Waals surface area contributed by atoms with E-state index in [0.717, 1.165) is 16.7 Å². The molecule has 0 aliphatic heterocycles. The number of benzene rings is 3. The van der Waals surface area contributed by atoms with Crippen molar-refractivity contribution in [1.29, 1.82) is 0 Å². The zero-order valence-corrected chi connectivity index (χ0v) is 16.9. The van der Waals surface area contributed by atoms with Crippen molar-refractivity contribution in [1.82, 2.24) is 0 Å². The van der Waals surface area contributed by atoms with Crippen molar-refractivity contribution in [3.05, 3.63) is 83.4 Å². The zero-order chi connectivity index (χ0) is 20.1. The van der Waals surface area contributed by atoms with Gasteiger partial charge in [-0.1, -0.05) is 30.3 Å². The molecule has 0 aromatic heterocycles. The van der Waals surface area contributed by atoms with Crippen LogP contribution in [0.25, 0.3) is 0 Å². The van der Waals surface area contributed by atoms with E-state index in [1.54, 1.807) is 36.4 Å². The molecule has 0 fully saturated rings. The van der Waals surface area contributed by atoms with Crippen molar-refractivity contribution < 1.29 is 17.9 Å². The molecule has 3 aromatic rings. The van der Waals surface area contributed by atoms with Crippen LogP contribution in [0.15, 0.2) is 71.6 Å². The van der Waals surface area contributed by atoms with Crippen molar-refractivity contribution in [3.63, 3.8) is 0 Å². The number of anilines is 1. The number of nitrogens with one attached hydrogen (secondary N) is 1. The first kappa shape index (κ1) is 19.8. The van der Waals surface area contributed by atoms with Gasteiger partial charge >= 0.3 is 0 Å². The van der Waals surface area contributed by atoms with Crippen molar-refractivity contribution in [2.45, 2.75) is 25.3 Å². The summed E-state index contributed by atoms with van der Waals surface area (Å²) < 4.78 is 39.2. The lowest BCUT2D eigenvalue weighted by Crippen LogP contribution is -2.14. The second-order valence-corrected chi connectivity index (χ2v) is 8.14. The number of sulfonamides is 1. The lowest BCUT2D eigenvalue weighted by molar-refractivity contribution is 0.306.